The number of ketones is 1. The van der Waals surface area contributed by atoms with Crippen molar-refractivity contribution in [1.29, 1.82) is 0 Å². The highest BCUT2D eigenvalue weighted by Crippen LogP contribution is 2.45. The molecule has 0 fully saturated rings. The third-order valence-electron chi connectivity index (χ3n) is 3.40. The minimum absolute atomic E-state index is 0.0833. The van der Waals surface area contributed by atoms with Crippen LogP contribution in [0.15, 0.2) is 30.0 Å². The van der Waals surface area contributed by atoms with Gasteiger partial charge in [0.15, 0.2) is 23.0 Å². The standard InChI is InChI=1S/C14H14O6/c1-17-9-3-4-10-11(7-9)20-14(18-2)12(16)5-8(15)6-13(14)19-10/h3-4,6-7,12,16H,5H2,1-2H3. The number of methoxy groups -OCH3 is 2. The summed E-state index contributed by atoms with van der Waals surface area (Å²) in [6.07, 6.45) is 0.0722. The Morgan fingerprint density at radius 1 is 1.35 bits per heavy atom. The molecule has 1 aromatic carbocycles. The zero-order valence-corrected chi connectivity index (χ0v) is 11.1. The van der Waals surface area contributed by atoms with Crippen molar-refractivity contribution in [2.45, 2.75) is 18.3 Å². The number of hydrogen-bond donors (Lipinski definition) is 1. The van der Waals surface area contributed by atoms with E-state index in [0.29, 0.717) is 17.2 Å². The van der Waals surface area contributed by atoms with Gasteiger partial charge in [-0.05, 0) is 12.1 Å². The average molecular weight is 278 g/mol. The van der Waals surface area contributed by atoms with Crippen LogP contribution >= 0.6 is 0 Å². The van der Waals surface area contributed by atoms with E-state index in [9.17, 15) is 9.90 Å². The maximum Gasteiger partial charge on any atom is 0.296 e. The van der Waals surface area contributed by atoms with Crippen molar-refractivity contribution in [3.63, 3.8) is 0 Å². The monoisotopic (exact) mass is 278 g/mol. The molecule has 1 aliphatic heterocycles. The molecule has 2 atom stereocenters. The summed E-state index contributed by atoms with van der Waals surface area (Å²) >= 11 is 0. The van der Waals surface area contributed by atoms with E-state index >= 15 is 0 Å². The number of allylic oxidation sites excluding steroid dienone is 1. The van der Waals surface area contributed by atoms with Crippen LogP contribution < -0.4 is 14.2 Å². The van der Waals surface area contributed by atoms with Crippen LogP contribution in [0.2, 0.25) is 0 Å². The van der Waals surface area contributed by atoms with E-state index in [1.54, 1.807) is 18.2 Å². The Kier molecular flexibility index (Phi) is 2.92. The Balaban J connectivity index is 2.10. The van der Waals surface area contributed by atoms with E-state index < -0.39 is 11.9 Å². The fraction of sp³-hybridized carbons (Fsp3) is 0.357. The van der Waals surface area contributed by atoms with Crippen molar-refractivity contribution in [2.75, 3.05) is 14.2 Å². The highest BCUT2D eigenvalue weighted by atomic mass is 16.7. The summed E-state index contributed by atoms with van der Waals surface area (Å²) in [6.45, 7) is 0. The van der Waals surface area contributed by atoms with Crippen LogP contribution in [0.25, 0.3) is 0 Å². The third kappa shape index (κ3) is 1.76. The van der Waals surface area contributed by atoms with Crippen LogP contribution in [-0.2, 0) is 9.53 Å². The number of benzene rings is 1. The second-order valence-electron chi connectivity index (χ2n) is 4.58. The van der Waals surface area contributed by atoms with Gasteiger partial charge in [-0.1, -0.05) is 0 Å². The summed E-state index contributed by atoms with van der Waals surface area (Å²) in [4.78, 5) is 11.6. The van der Waals surface area contributed by atoms with Gasteiger partial charge in [0.1, 0.15) is 11.9 Å². The van der Waals surface area contributed by atoms with E-state index in [-0.39, 0.29) is 18.0 Å². The van der Waals surface area contributed by atoms with Gasteiger partial charge in [0.25, 0.3) is 5.79 Å². The SMILES string of the molecule is COc1ccc2c(c1)OC1(OC)C(=CC(=O)CC1O)O2. The van der Waals surface area contributed by atoms with Crippen LogP contribution in [0.4, 0.5) is 0 Å². The van der Waals surface area contributed by atoms with Crippen LogP contribution in [0.3, 0.4) is 0 Å². The molecule has 0 saturated carbocycles. The summed E-state index contributed by atoms with van der Waals surface area (Å²) < 4.78 is 21.9. The predicted molar refractivity (Wildman–Crippen MR) is 67.7 cm³/mol. The molecular weight excluding hydrogens is 264 g/mol. The molecule has 0 radical (unpaired) electrons. The van der Waals surface area contributed by atoms with Gasteiger partial charge < -0.3 is 24.1 Å². The predicted octanol–water partition coefficient (Wildman–Crippen LogP) is 1.03. The summed E-state index contributed by atoms with van der Waals surface area (Å²) in [5, 5.41) is 10.2. The van der Waals surface area contributed by atoms with Crippen LogP contribution in [0.5, 0.6) is 17.2 Å². The van der Waals surface area contributed by atoms with Gasteiger partial charge in [-0.3, -0.25) is 4.79 Å². The number of rotatable bonds is 2. The fourth-order valence-corrected chi connectivity index (χ4v) is 2.35. The average Bonchev–Trinajstić information content (AvgIpc) is 2.45. The lowest BCUT2D eigenvalue weighted by Gasteiger charge is -2.42. The molecule has 2 unspecified atom stereocenters. The quantitative estimate of drug-likeness (QED) is 0.871. The van der Waals surface area contributed by atoms with E-state index in [2.05, 4.69) is 0 Å². The molecule has 20 heavy (non-hydrogen) atoms. The number of ether oxygens (including phenoxy) is 4. The molecule has 0 saturated heterocycles. The zero-order chi connectivity index (χ0) is 14.3. The number of carbonyl (C=O) groups is 1. The van der Waals surface area contributed by atoms with E-state index in [1.165, 1.54) is 20.3 Å². The van der Waals surface area contributed by atoms with E-state index in [1.807, 2.05) is 0 Å². The van der Waals surface area contributed by atoms with Crippen molar-refractivity contribution in [1.82, 2.24) is 0 Å². The molecule has 0 bridgehead atoms. The first-order chi connectivity index (χ1) is 9.59. The first-order valence-electron chi connectivity index (χ1n) is 6.12. The largest absolute Gasteiger partial charge is 0.497 e. The number of hydrogen-bond acceptors (Lipinski definition) is 6. The van der Waals surface area contributed by atoms with Crippen LogP contribution in [0.1, 0.15) is 6.42 Å². The maximum absolute atomic E-state index is 11.6. The second-order valence-corrected chi connectivity index (χ2v) is 4.58. The van der Waals surface area contributed by atoms with Gasteiger partial charge in [0.2, 0.25) is 0 Å². The highest BCUT2D eigenvalue weighted by Gasteiger charge is 2.53. The Morgan fingerprint density at radius 3 is 2.85 bits per heavy atom. The molecule has 0 aromatic heterocycles. The van der Waals surface area contributed by atoms with Gasteiger partial charge in [0.05, 0.1) is 7.11 Å². The normalized spacial score (nSPS) is 27.6. The van der Waals surface area contributed by atoms with Gasteiger partial charge in [-0.15, -0.1) is 0 Å². The van der Waals surface area contributed by atoms with Crippen molar-refractivity contribution in [3.8, 4) is 17.2 Å². The molecular formula is C14H14O6. The van der Waals surface area contributed by atoms with Crippen LogP contribution in [0, 0.1) is 0 Å². The summed E-state index contributed by atoms with van der Waals surface area (Å²) in [7, 11) is 2.93. The minimum Gasteiger partial charge on any atom is -0.497 e. The lowest BCUT2D eigenvalue weighted by Crippen LogP contribution is -2.56. The first kappa shape index (κ1) is 13.0. The minimum atomic E-state index is -1.49. The Hall–Kier alpha value is -2.05. The number of fused-ring (bicyclic) bond motifs is 2. The molecule has 1 aromatic rings. The number of aliphatic hydroxyl groups is 1. The fourth-order valence-electron chi connectivity index (χ4n) is 2.35. The highest BCUT2D eigenvalue weighted by molar-refractivity contribution is 5.92. The summed E-state index contributed by atoms with van der Waals surface area (Å²) in [6, 6.07) is 5.01. The molecule has 1 heterocycles. The van der Waals surface area contributed by atoms with Crippen molar-refractivity contribution in [3.05, 3.63) is 30.0 Å². The second kappa shape index (κ2) is 4.50. The molecule has 1 N–H and O–H groups in total. The third-order valence-corrected chi connectivity index (χ3v) is 3.40. The Bertz CT molecular complexity index is 593. The van der Waals surface area contributed by atoms with Gasteiger partial charge in [-0.25, -0.2) is 0 Å². The molecule has 0 amide bonds. The lowest BCUT2D eigenvalue weighted by atomic mass is 9.94. The van der Waals surface area contributed by atoms with Gasteiger partial charge in [-0.2, -0.15) is 0 Å². The van der Waals surface area contributed by atoms with E-state index in [4.69, 9.17) is 18.9 Å². The molecule has 1 aliphatic carbocycles. The summed E-state index contributed by atoms with van der Waals surface area (Å²) in [5.41, 5.74) is 0. The topological polar surface area (TPSA) is 74.2 Å². The van der Waals surface area contributed by atoms with Gasteiger partial charge in [0, 0.05) is 25.7 Å². The maximum atomic E-state index is 11.6. The Morgan fingerprint density at radius 2 is 2.15 bits per heavy atom. The number of aliphatic hydroxyl groups excluding tert-OH is 1. The van der Waals surface area contributed by atoms with E-state index in [0.717, 1.165) is 0 Å². The summed E-state index contributed by atoms with van der Waals surface area (Å²) in [5.74, 6) is -0.161. The zero-order valence-electron chi connectivity index (χ0n) is 11.1. The van der Waals surface area contributed by atoms with Crippen molar-refractivity contribution >= 4 is 5.78 Å². The van der Waals surface area contributed by atoms with Crippen molar-refractivity contribution < 1.29 is 28.8 Å². The number of carbonyl (C=O) groups excluding carboxylic acids is 1. The van der Waals surface area contributed by atoms with Crippen LogP contribution in [-0.4, -0.2) is 37.0 Å². The molecule has 106 valence electrons. The lowest BCUT2D eigenvalue weighted by molar-refractivity contribution is -0.224. The molecule has 0 spiro atoms. The first-order valence-corrected chi connectivity index (χ1v) is 6.12. The van der Waals surface area contributed by atoms with Gasteiger partial charge >= 0.3 is 0 Å². The molecule has 6 heteroatoms. The molecule has 6 nitrogen and oxygen atoms in total. The van der Waals surface area contributed by atoms with Crippen molar-refractivity contribution in [2.24, 2.45) is 0 Å². The molecule has 2 aliphatic rings. The smallest absolute Gasteiger partial charge is 0.296 e. The molecule has 3 rings (SSSR count). The Labute approximate surface area is 115 Å².